The molecule has 0 aliphatic carbocycles. The number of anilines is 1. The predicted octanol–water partition coefficient (Wildman–Crippen LogP) is 3.41. The van der Waals surface area contributed by atoms with E-state index in [-0.39, 0.29) is 16.7 Å². The molecule has 0 aliphatic heterocycles. The van der Waals surface area contributed by atoms with E-state index in [4.69, 9.17) is 22.1 Å². The Morgan fingerprint density at radius 2 is 2.12 bits per heavy atom. The second kappa shape index (κ2) is 4.85. The van der Waals surface area contributed by atoms with Gasteiger partial charge in [0.25, 0.3) is 0 Å². The van der Waals surface area contributed by atoms with Crippen molar-refractivity contribution in [1.29, 1.82) is 0 Å². The zero-order chi connectivity index (χ0) is 12.4. The van der Waals surface area contributed by atoms with Gasteiger partial charge < -0.3 is 10.5 Å². The molecule has 0 saturated carbocycles. The summed E-state index contributed by atoms with van der Waals surface area (Å²) in [5.74, 6) is 0.332. The quantitative estimate of drug-likeness (QED) is 0.922. The van der Waals surface area contributed by atoms with Gasteiger partial charge in [0, 0.05) is 6.07 Å². The molecule has 1 aromatic carbocycles. The number of hydrogen-bond donors (Lipinski definition) is 1. The molecule has 1 heterocycles. The van der Waals surface area contributed by atoms with Crippen molar-refractivity contribution in [3.05, 3.63) is 39.8 Å². The molecule has 17 heavy (non-hydrogen) atoms. The fraction of sp³-hybridized carbons (Fsp3) is 0. The van der Waals surface area contributed by atoms with Crippen molar-refractivity contribution >= 4 is 33.3 Å². The van der Waals surface area contributed by atoms with Crippen molar-refractivity contribution < 1.29 is 9.13 Å². The molecule has 2 aromatic rings. The van der Waals surface area contributed by atoms with Crippen LogP contribution in [-0.2, 0) is 0 Å². The summed E-state index contributed by atoms with van der Waals surface area (Å²) >= 11 is 8.82. The van der Waals surface area contributed by atoms with Crippen LogP contribution >= 0.6 is 27.5 Å². The average molecular weight is 319 g/mol. The highest BCUT2D eigenvalue weighted by Crippen LogP contribution is 2.31. The van der Waals surface area contributed by atoms with Crippen LogP contribution in [0.1, 0.15) is 0 Å². The third-order valence-corrected chi connectivity index (χ3v) is 2.93. The molecule has 0 amide bonds. The molecule has 0 aliphatic rings. The number of ether oxygens (including phenoxy) is 1. The third kappa shape index (κ3) is 2.65. The molecular formula is C10H6BrClFN3O. The Morgan fingerprint density at radius 3 is 2.82 bits per heavy atom. The van der Waals surface area contributed by atoms with Crippen molar-refractivity contribution in [2.75, 3.05) is 5.73 Å². The summed E-state index contributed by atoms with van der Waals surface area (Å²) in [4.78, 5) is 7.66. The van der Waals surface area contributed by atoms with E-state index in [9.17, 15) is 4.39 Å². The van der Waals surface area contributed by atoms with Crippen LogP contribution in [-0.4, -0.2) is 9.97 Å². The van der Waals surface area contributed by atoms with Gasteiger partial charge in [-0.1, -0.05) is 11.6 Å². The van der Waals surface area contributed by atoms with Gasteiger partial charge in [-0.2, -0.15) is 0 Å². The Kier molecular flexibility index (Phi) is 3.44. The van der Waals surface area contributed by atoms with Crippen LogP contribution in [0.4, 0.5) is 10.2 Å². The van der Waals surface area contributed by atoms with Crippen molar-refractivity contribution in [1.82, 2.24) is 9.97 Å². The van der Waals surface area contributed by atoms with Crippen molar-refractivity contribution in [2.45, 2.75) is 0 Å². The number of nitrogens with two attached hydrogens (primary N) is 1. The molecule has 0 atom stereocenters. The van der Waals surface area contributed by atoms with Crippen LogP contribution in [0.5, 0.6) is 11.6 Å². The fourth-order valence-corrected chi connectivity index (χ4v) is 1.55. The van der Waals surface area contributed by atoms with Gasteiger partial charge in [0.2, 0.25) is 5.88 Å². The minimum Gasteiger partial charge on any atom is -0.438 e. The summed E-state index contributed by atoms with van der Waals surface area (Å²) in [5, 5.41) is -0.0272. The summed E-state index contributed by atoms with van der Waals surface area (Å²) < 4.78 is 18.8. The van der Waals surface area contributed by atoms with E-state index >= 15 is 0 Å². The number of rotatable bonds is 2. The Bertz CT molecular complexity index is 567. The molecule has 0 fully saturated rings. The topological polar surface area (TPSA) is 61.0 Å². The molecule has 0 radical (unpaired) electrons. The van der Waals surface area contributed by atoms with Gasteiger partial charge in [0.05, 0.1) is 5.02 Å². The van der Waals surface area contributed by atoms with Crippen LogP contribution in [0.15, 0.2) is 29.0 Å². The van der Waals surface area contributed by atoms with Crippen LogP contribution in [0.3, 0.4) is 0 Å². The number of nitrogens with zero attached hydrogens (tertiary/aromatic N) is 2. The van der Waals surface area contributed by atoms with Crippen LogP contribution in [0, 0.1) is 5.82 Å². The molecule has 2 rings (SSSR count). The molecular weight excluding hydrogens is 312 g/mol. The second-order valence-electron chi connectivity index (χ2n) is 3.06. The molecule has 1 aromatic heterocycles. The summed E-state index contributed by atoms with van der Waals surface area (Å²) in [6.07, 6.45) is 1.26. The maximum absolute atomic E-state index is 12.9. The van der Waals surface area contributed by atoms with E-state index < -0.39 is 5.82 Å². The van der Waals surface area contributed by atoms with E-state index in [0.717, 1.165) is 0 Å². The molecule has 2 N–H and O–H groups in total. The molecule has 7 heteroatoms. The SMILES string of the molecule is Nc1ncnc(Oc2ccc(F)c(Cl)c2)c1Br. The maximum atomic E-state index is 12.9. The van der Waals surface area contributed by atoms with E-state index in [1.807, 2.05) is 0 Å². The molecule has 4 nitrogen and oxygen atoms in total. The maximum Gasteiger partial charge on any atom is 0.238 e. The van der Waals surface area contributed by atoms with Gasteiger partial charge in [-0.05, 0) is 28.1 Å². The van der Waals surface area contributed by atoms with Crippen molar-refractivity contribution in [3.8, 4) is 11.6 Å². The Morgan fingerprint density at radius 1 is 1.35 bits per heavy atom. The zero-order valence-corrected chi connectivity index (χ0v) is 10.7. The molecule has 0 spiro atoms. The summed E-state index contributed by atoms with van der Waals surface area (Å²) in [6.45, 7) is 0. The Hall–Kier alpha value is -1.40. The third-order valence-electron chi connectivity index (χ3n) is 1.89. The molecule has 0 saturated heterocycles. The number of aromatic nitrogens is 2. The second-order valence-corrected chi connectivity index (χ2v) is 4.26. The lowest BCUT2D eigenvalue weighted by molar-refractivity contribution is 0.457. The normalized spacial score (nSPS) is 10.3. The average Bonchev–Trinajstić information content (AvgIpc) is 2.30. The number of benzene rings is 1. The highest BCUT2D eigenvalue weighted by Gasteiger charge is 2.09. The van der Waals surface area contributed by atoms with Crippen LogP contribution in [0.25, 0.3) is 0 Å². The number of hydrogen-bond acceptors (Lipinski definition) is 4. The van der Waals surface area contributed by atoms with Gasteiger partial charge in [-0.3, -0.25) is 0 Å². The number of halogens is 3. The zero-order valence-electron chi connectivity index (χ0n) is 8.32. The van der Waals surface area contributed by atoms with E-state index in [1.54, 1.807) is 0 Å². The monoisotopic (exact) mass is 317 g/mol. The largest absolute Gasteiger partial charge is 0.438 e. The minimum absolute atomic E-state index is 0.0272. The molecule has 0 unspecified atom stereocenters. The Labute approximate surface area is 110 Å². The Balaban J connectivity index is 2.31. The van der Waals surface area contributed by atoms with Gasteiger partial charge in [0.15, 0.2) is 0 Å². The van der Waals surface area contributed by atoms with E-state index in [1.165, 1.54) is 24.5 Å². The minimum atomic E-state index is -0.514. The van der Waals surface area contributed by atoms with Gasteiger partial charge in [-0.15, -0.1) is 0 Å². The lowest BCUT2D eigenvalue weighted by atomic mass is 10.3. The lowest BCUT2D eigenvalue weighted by Gasteiger charge is -2.07. The van der Waals surface area contributed by atoms with Gasteiger partial charge >= 0.3 is 0 Å². The van der Waals surface area contributed by atoms with Crippen LogP contribution < -0.4 is 10.5 Å². The first-order chi connectivity index (χ1) is 8.08. The first-order valence-corrected chi connectivity index (χ1v) is 5.64. The van der Waals surface area contributed by atoms with E-state index in [0.29, 0.717) is 10.2 Å². The highest BCUT2D eigenvalue weighted by atomic mass is 79.9. The smallest absolute Gasteiger partial charge is 0.238 e. The first kappa shape index (κ1) is 12.1. The van der Waals surface area contributed by atoms with Crippen molar-refractivity contribution in [3.63, 3.8) is 0 Å². The highest BCUT2D eigenvalue weighted by molar-refractivity contribution is 9.10. The fourth-order valence-electron chi connectivity index (χ4n) is 1.09. The summed E-state index contributed by atoms with van der Waals surface area (Å²) in [5.41, 5.74) is 5.56. The number of nitrogen functional groups attached to an aromatic ring is 1. The standard InChI is InChI=1S/C10H6BrClFN3O/c11-8-9(14)15-4-16-10(8)17-5-1-2-7(13)6(12)3-5/h1-4H,(H2,14,15,16). The molecule has 88 valence electrons. The predicted molar refractivity (Wildman–Crippen MR) is 65.6 cm³/mol. The summed E-state index contributed by atoms with van der Waals surface area (Å²) in [6, 6.07) is 3.99. The lowest BCUT2D eigenvalue weighted by Crippen LogP contribution is -1.96. The summed E-state index contributed by atoms with van der Waals surface area (Å²) in [7, 11) is 0. The molecule has 0 bridgehead atoms. The van der Waals surface area contributed by atoms with Crippen LogP contribution in [0.2, 0.25) is 5.02 Å². The van der Waals surface area contributed by atoms with E-state index in [2.05, 4.69) is 25.9 Å². The first-order valence-electron chi connectivity index (χ1n) is 4.47. The van der Waals surface area contributed by atoms with Gasteiger partial charge in [0.1, 0.15) is 28.2 Å². The van der Waals surface area contributed by atoms with Gasteiger partial charge in [-0.25, -0.2) is 14.4 Å². The van der Waals surface area contributed by atoms with Crippen molar-refractivity contribution in [2.24, 2.45) is 0 Å².